The summed E-state index contributed by atoms with van der Waals surface area (Å²) >= 11 is 0. The van der Waals surface area contributed by atoms with Crippen molar-refractivity contribution in [2.24, 2.45) is 0 Å². The lowest BCUT2D eigenvalue weighted by Gasteiger charge is -2.24. The number of carbonyl (C=O) groups excluding carboxylic acids is 2. The molecule has 8 nitrogen and oxygen atoms in total. The van der Waals surface area contributed by atoms with Gasteiger partial charge in [-0.05, 0) is 45.0 Å². The fourth-order valence-electron chi connectivity index (χ4n) is 1.97. The van der Waals surface area contributed by atoms with Gasteiger partial charge < -0.3 is 15.4 Å². The van der Waals surface area contributed by atoms with Gasteiger partial charge in [-0.1, -0.05) is 0 Å². The molecule has 1 rings (SSSR count). The fraction of sp³-hybridized carbons (Fsp3) is 0.500. The van der Waals surface area contributed by atoms with Gasteiger partial charge in [0.1, 0.15) is 5.60 Å². The van der Waals surface area contributed by atoms with Crippen molar-refractivity contribution in [1.82, 2.24) is 5.32 Å². The summed E-state index contributed by atoms with van der Waals surface area (Å²) in [7, 11) is -3.53. The van der Waals surface area contributed by atoms with E-state index in [2.05, 4.69) is 10.6 Å². The average Bonchev–Trinajstić information content (AvgIpc) is 2.41. The standard InChI is InChI=1S/C16H25N3O5S/c1-12(20)18-13-6-8-14(9-7-13)19(25(5,22)23)11-10-17-15(21)24-16(2,3)4/h6-9H,10-11H2,1-5H3,(H,17,21)(H,18,20). The molecule has 0 aliphatic rings. The van der Waals surface area contributed by atoms with Crippen molar-refractivity contribution in [3.63, 3.8) is 0 Å². The molecule has 0 unspecified atom stereocenters. The molecule has 0 atom stereocenters. The summed E-state index contributed by atoms with van der Waals surface area (Å²) in [5, 5.41) is 5.13. The highest BCUT2D eigenvalue weighted by Crippen LogP contribution is 2.20. The number of nitrogens with one attached hydrogen (secondary N) is 2. The summed E-state index contributed by atoms with van der Waals surface area (Å²) in [6.07, 6.45) is 0.476. The summed E-state index contributed by atoms with van der Waals surface area (Å²) < 4.78 is 30.3. The van der Waals surface area contributed by atoms with E-state index in [4.69, 9.17) is 4.74 Å². The molecule has 0 bridgehead atoms. The molecule has 0 fully saturated rings. The van der Waals surface area contributed by atoms with Crippen molar-refractivity contribution in [1.29, 1.82) is 0 Å². The van der Waals surface area contributed by atoms with Gasteiger partial charge in [0.25, 0.3) is 0 Å². The van der Waals surface area contributed by atoms with Crippen LogP contribution in [0.15, 0.2) is 24.3 Å². The normalized spacial score (nSPS) is 11.6. The lowest BCUT2D eigenvalue weighted by molar-refractivity contribution is -0.114. The molecule has 9 heteroatoms. The number of benzene rings is 1. The number of nitrogens with zero attached hydrogens (tertiary/aromatic N) is 1. The third-order valence-corrected chi connectivity index (χ3v) is 4.05. The van der Waals surface area contributed by atoms with Crippen LogP contribution >= 0.6 is 0 Å². The van der Waals surface area contributed by atoms with E-state index >= 15 is 0 Å². The van der Waals surface area contributed by atoms with Crippen LogP contribution in [0.2, 0.25) is 0 Å². The minimum absolute atomic E-state index is 0.0531. The number of anilines is 2. The second-order valence-corrected chi connectivity index (χ2v) is 8.40. The van der Waals surface area contributed by atoms with Crippen LogP contribution in [0.4, 0.5) is 16.2 Å². The second kappa shape index (κ2) is 8.19. The van der Waals surface area contributed by atoms with Crippen molar-refractivity contribution in [2.45, 2.75) is 33.3 Å². The number of alkyl carbamates (subject to hydrolysis) is 1. The number of carbonyl (C=O) groups is 2. The van der Waals surface area contributed by atoms with Crippen LogP contribution in [0.1, 0.15) is 27.7 Å². The first-order chi connectivity index (χ1) is 11.4. The number of sulfonamides is 1. The van der Waals surface area contributed by atoms with Crippen LogP contribution in [-0.4, -0.2) is 45.4 Å². The Morgan fingerprint density at radius 2 is 1.72 bits per heavy atom. The topological polar surface area (TPSA) is 105 Å². The third-order valence-electron chi connectivity index (χ3n) is 2.86. The van der Waals surface area contributed by atoms with Gasteiger partial charge in [0.05, 0.1) is 18.5 Å². The number of hydrogen-bond acceptors (Lipinski definition) is 5. The molecule has 25 heavy (non-hydrogen) atoms. The third kappa shape index (κ3) is 7.88. The first kappa shape index (κ1) is 20.8. The van der Waals surface area contributed by atoms with Gasteiger partial charge in [0.2, 0.25) is 15.9 Å². The van der Waals surface area contributed by atoms with Crippen LogP contribution in [0.3, 0.4) is 0 Å². The molecule has 2 amide bonds. The number of rotatable bonds is 6. The number of ether oxygens (including phenoxy) is 1. The van der Waals surface area contributed by atoms with Crippen LogP contribution in [0.25, 0.3) is 0 Å². The van der Waals surface area contributed by atoms with Crippen molar-refractivity contribution in [2.75, 3.05) is 29.0 Å². The number of hydrogen-bond donors (Lipinski definition) is 2. The van der Waals surface area contributed by atoms with E-state index in [1.54, 1.807) is 45.0 Å². The van der Waals surface area contributed by atoms with E-state index in [1.165, 1.54) is 11.2 Å². The first-order valence-electron chi connectivity index (χ1n) is 7.71. The average molecular weight is 371 g/mol. The summed E-state index contributed by atoms with van der Waals surface area (Å²) in [6, 6.07) is 6.38. The molecule has 0 aliphatic carbocycles. The van der Waals surface area contributed by atoms with Crippen LogP contribution < -0.4 is 14.9 Å². The van der Waals surface area contributed by atoms with Crippen molar-refractivity contribution in [3.05, 3.63) is 24.3 Å². The molecular weight excluding hydrogens is 346 g/mol. The van der Waals surface area contributed by atoms with Crippen molar-refractivity contribution in [3.8, 4) is 0 Å². The van der Waals surface area contributed by atoms with Gasteiger partial charge in [-0.2, -0.15) is 0 Å². The van der Waals surface area contributed by atoms with Crippen LogP contribution in [-0.2, 0) is 19.6 Å². The molecule has 1 aromatic carbocycles. The molecule has 140 valence electrons. The quantitative estimate of drug-likeness (QED) is 0.795. The summed E-state index contributed by atoms with van der Waals surface area (Å²) in [5.74, 6) is -0.214. The van der Waals surface area contributed by atoms with Crippen LogP contribution in [0.5, 0.6) is 0 Å². The van der Waals surface area contributed by atoms with Gasteiger partial charge >= 0.3 is 6.09 Å². The van der Waals surface area contributed by atoms with E-state index in [0.717, 1.165) is 6.26 Å². The smallest absolute Gasteiger partial charge is 0.407 e. The largest absolute Gasteiger partial charge is 0.444 e. The summed E-state index contributed by atoms with van der Waals surface area (Å²) in [6.45, 7) is 6.76. The Hall–Kier alpha value is -2.29. The lowest BCUT2D eigenvalue weighted by atomic mass is 10.2. The lowest BCUT2D eigenvalue weighted by Crippen LogP contribution is -2.40. The molecule has 2 N–H and O–H groups in total. The van der Waals surface area contributed by atoms with Crippen LogP contribution in [0, 0.1) is 0 Å². The minimum atomic E-state index is -3.53. The summed E-state index contributed by atoms with van der Waals surface area (Å²) in [4.78, 5) is 22.7. The SMILES string of the molecule is CC(=O)Nc1ccc(N(CCNC(=O)OC(C)(C)C)S(C)(=O)=O)cc1. The van der Waals surface area contributed by atoms with E-state index in [0.29, 0.717) is 11.4 Å². The van der Waals surface area contributed by atoms with Gasteiger partial charge in [-0.3, -0.25) is 9.10 Å². The van der Waals surface area contributed by atoms with Gasteiger partial charge in [0.15, 0.2) is 0 Å². The maximum absolute atomic E-state index is 12.0. The molecule has 0 saturated heterocycles. The maximum Gasteiger partial charge on any atom is 0.407 e. The molecular formula is C16H25N3O5S. The van der Waals surface area contributed by atoms with Gasteiger partial charge in [0, 0.05) is 19.2 Å². The zero-order valence-electron chi connectivity index (χ0n) is 15.1. The Bertz CT molecular complexity index is 708. The molecule has 0 saturated carbocycles. The highest BCUT2D eigenvalue weighted by atomic mass is 32.2. The predicted molar refractivity (Wildman–Crippen MR) is 97.2 cm³/mol. The zero-order valence-corrected chi connectivity index (χ0v) is 15.9. The van der Waals surface area contributed by atoms with Crippen molar-refractivity contribution < 1.29 is 22.7 Å². The Balaban J connectivity index is 2.76. The molecule has 0 aromatic heterocycles. The zero-order chi connectivity index (χ0) is 19.3. The Labute approximate surface area is 148 Å². The predicted octanol–water partition coefficient (Wildman–Crippen LogP) is 1.94. The Morgan fingerprint density at radius 1 is 1.16 bits per heavy atom. The highest BCUT2D eigenvalue weighted by molar-refractivity contribution is 7.92. The monoisotopic (exact) mass is 371 g/mol. The molecule has 0 heterocycles. The highest BCUT2D eigenvalue weighted by Gasteiger charge is 2.19. The maximum atomic E-state index is 12.0. The van der Waals surface area contributed by atoms with E-state index in [-0.39, 0.29) is 19.0 Å². The molecule has 0 aliphatic heterocycles. The molecule has 1 aromatic rings. The fourth-order valence-corrected chi connectivity index (χ4v) is 2.90. The van der Waals surface area contributed by atoms with E-state index in [1.807, 2.05) is 0 Å². The van der Waals surface area contributed by atoms with E-state index < -0.39 is 21.7 Å². The Morgan fingerprint density at radius 3 is 2.16 bits per heavy atom. The van der Waals surface area contributed by atoms with Gasteiger partial charge in [-0.15, -0.1) is 0 Å². The van der Waals surface area contributed by atoms with E-state index in [9.17, 15) is 18.0 Å². The number of amides is 2. The summed E-state index contributed by atoms with van der Waals surface area (Å²) in [5.41, 5.74) is 0.374. The Kier molecular flexibility index (Phi) is 6.80. The second-order valence-electron chi connectivity index (χ2n) is 6.49. The van der Waals surface area contributed by atoms with Crippen molar-refractivity contribution >= 4 is 33.4 Å². The first-order valence-corrected chi connectivity index (χ1v) is 9.55. The van der Waals surface area contributed by atoms with Gasteiger partial charge in [-0.25, -0.2) is 13.2 Å². The minimum Gasteiger partial charge on any atom is -0.444 e. The molecule has 0 spiro atoms. The molecule has 0 radical (unpaired) electrons.